The average Bonchev–Trinajstić information content (AvgIpc) is 3.24. The Labute approximate surface area is 156 Å². The third kappa shape index (κ3) is 4.14. The number of carbonyl (C=O) groups is 1. The highest BCUT2D eigenvalue weighted by Gasteiger charge is 2.19. The molecule has 1 N–H and O–H groups in total. The molecule has 0 saturated heterocycles. The van der Waals surface area contributed by atoms with Crippen LogP contribution >= 0.6 is 15.9 Å². The molecule has 0 aliphatic heterocycles. The molecule has 1 amide bonds. The lowest BCUT2D eigenvalue weighted by atomic mass is 10.2. The maximum atomic E-state index is 12.4. The summed E-state index contributed by atoms with van der Waals surface area (Å²) in [6.07, 6.45) is 5.91. The number of rotatable bonds is 6. The predicted molar refractivity (Wildman–Crippen MR) is 97.7 cm³/mol. The number of hydrogen-bond donors (Lipinski definition) is 1. The first-order chi connectivity index (χ1) is 12.4. The molecular weight excluding hydrogens is 404 g/mol. The number of nitro groups is 1. The minimum Gasteiger partial charge on any atom is -0.324 e. The van der Waals surface area contributed by atoms with E-state index < -0.39 is 11.0 Å². The molecular formula is C16H15BrN6O3. The predicted octanol–water partition coefficient (Wildman–Crippen LogP) is 3.00. The smallest absolute Gasteiger partial charge is 0.307 e. The van der Waals surface area contributed by atoms with Crippen molar-refractivity contribution in [2.45, 2.75) is 19.5 Å². The van der Waals surface area contributed by atoms with Gasteiger partial charge < -0.3 is 5.32 Å². The van der Waals surface area contributed by atoms with Crippen molar-refractivity contribution in [2.24, 2.45) is 0 Å². The van der Waals surface area contributed by atoms with Crippen LogP contribution in [0.2, 0.25) is 0 Å². The first-order valence-corrected chi connectivity index (χ1v) is 8.48. The third-order valence-corrected chi connectivity index (χ3v) is 4.13. The highest BCUT2D eigenvalue weighted by Crippen LogP contribution is 2.17. The molecule has 3 aromatic rings. The van der Waals surface area contributed by atoms with E-state index in [9.17, 15) is 14.9 Å². The van der Waals surface area contributed by atoms with Gasteiger partial charge in [0.05, 0.1) is 22.1 Å². The highest BCUT2D eigenvalue weighted by molar-refractivity contribution is 9.10. The number of halogens is 1. The normalized spacial score (nSPS) is 11.9. The highest BCUT2D eigenvalue weighted by atomic mass is 79.9. The van der Waals surface area contributed by atoms with E-state index in [1.165, 1.54) is 10.9 Å². The maximum Gasteiger partial charge on any atom is 0.307 e. The Balaban J connectivity index is 1.68. The van der Waals surface area contributed by atoms with E-state index in [4.69, 9.17) is 0 Å². The van der Waals surface area contributed by atoms with Crippen molar-refractivity contribution in [3.8, 4) is 0 Å². The summed E-state index contributed by atoms with van der Waals surface area (Å²) in [5.41, 5.74) is 1.45. The number of nitrogens with zero attached hydrogens (tertiary/aromatic N) is 5. The summed E-state index contributed by atoms with van der Waals surface area (Å²) in [6, 6.07) is 6.72. The number of anilines is 1. The van der Waals surface area contributed by atoms with Gasteiger partial charge >= 0.3 is 5.69 Å². The van der Waals surface area contributed by atoms with Gasteiger partial charge in [-0.1, -0.05) is 12.1 Å². The molecule has 26 heavy (non-hydrogen) atoms. The first-order valence-electron chi connectivity index (χ1n) is 7.68. The van der Waals surface area contributed by atoms with Crippen molar-refractivity contribution in [1.82, 2.24) is 19.6 Å². The van der Waals surface area contributed by atoms with E-state index >= 15 is 0 Å². The summed E-state index contributed by atoms with van der Waals surface area (Å²) in [5.74, 6) is -0.318. The van der Waals surface area contributed by atoms with Crippen LogP contribution in [0.15, 0.2) is 53.5 Å². The Morgan fingerprint density at radius 1 is 1.35 bits per heavy atom. The summed E-state index contributed by atoms with van der Waals surface area (Å²) in [7, 11) is 0. The number of benzene rings is 1. The van der Waals surface area contributed by atoms with Gasteiger partial charge in [-0.3, -0.25) is 24.3 Å². The Kier molecular flexibility index (Phi) is 5.12. The summed E-state index contributed by atoms with van der Waals surface area (Å²) < 4.78 is 3.93. The molecule has 10 heteroatoms. The van der Waals surface area contributed by atoms with Crippen molar-refractivity contribution in [2.75, 3.05) is 5.32 Å². The van der Waals surface area contributed by atoms with Crippen molar-refractivity contribution < 1.29 is 9.72 Å². The van der Waals surface area contributed by atoms with Crippen molar-refractivity contribution in [3.63, 3.8) is 0 Å². The van der Waals surface area contributed by atoms with Crippen LogP contribution in [0.5, 0.6) is 0 Å². The Morgan fingerprint density at radius 3 is 2.81 bits per heavy atom. The number of carbonyl (C=O) groups excluding carboxylic acids is 1. The van der Waals surface area contributed by atoms with E-state index in [-0.39, 0.29) is 11.6 Å². The van der Waals surface area contributed by atoms with E-state index in [0.29, 0.717) is 12.2 Å². The van der Waals surface area contributed by atoms with Crippen LogP contribution in [-0.4, -0.2) is 30.4 Å². The number of nitrogens with one attached hydrogen (secondary N) is 1. The quantitative estimate of drug-likeness (QED) is 0.488. The molecule has 2 heterocycles. The molecule has 1 atom stereocenters. The van der Waals surface area contributed by atoms with Crippen molar-refractivity contribution in [3.05, 3.63) is 69.2 Å². The zero-order valence-electron chi connectivity index (χ0n) is 13.7. The van der Waals surface area contributed by atoms with Gasteiger partial charge in [0.25, 0.3) is 0 Å². The zero-order valence-corrected chi connectivity index (χ0v) is 15.3. The summed E-state index contributed by atoms with van der Waals surface area (Å²) >= 11 is 3.35. The fraction of sp³-hybridized carbons (Fsp3) is 0.188. The van der Waals surface area contributed by atoms with Gasteiger partial charge in [0.1, 0.15) is 18.4 Å². The van der Waals surface area contributed by atoms with E-state index in [1.807, 2.05) is 24.4 Å². The van der Waals surface area contributed by atoms with E-state index in [1.54, 1.807) is 23.9 Å². The van der Waals surface area contributed by atoms with Crippen LogP contribution in [-0.2, 0) is 11.3 Å². The van der Waals surface area contributed by atoms with E-state index in [0.717, 1.165) is 16.2 Å². The molecule has 1 unspecified atom stereocenters. The minimum atomic E-state index is -0.686. The summed E-state index contributed by atoms with van der Waals surface area (Å²) in [5, 5.41) is 21.6. The number of hydrogen-bond acceptors (Lipinski definition) is 5. The lowest BCUT2D eigenvalue weighted by molar-refractivity contribution is -0.385. The second-order valence-electron chi connectivity index (χ2n) is 5.66. The number of aromatic nitrogens is 4. The van der Waals surface area contributed by atoms with Crippen molar-refractivity contribution >= 4 is 33.2 Å². The molecule has 0 radical (unpaired) electrons. The lowest BCUT2D eigenvalue weighted by Crippen LogP contribution is -2.24. The third-order valence-electron chi connectivity index (χ3n) is 3.72. The molecule has 2 aromatic heterocycles. The molecule has 0 saturated carbocycles. The molecule has 0 bridgehead atoms. The van der Waals surface area contributed by atoms with Gasteiger partial charge in [-0.15, -0.1) is 0 Å². The van der Waals surface area contributed by atoms with Crippen LogP contribution in [0.3, 0.4) is 0 Å². The Morgan fingerprint density at radius 2 is 2.15 bits per heavy atom. The fourth-order valence-electron chi connectivity index (χ4n) is 2.36. The van der Waals surface area contributed by atoms with Crippen molar-refractivity contribution in [1.29, 1.82) is 0 Å². The summed E-state index contributed by atoms with van der Waals surface area (Å²) in [6.45, 7) is 2.19. The van der Waals surface area contributed by atoms with Crippen LogP contribution in [0, 0.1) is 10.1 Å². The molecule has 0 aliphatic rings. The van der Waals surface area contributed by atoms with Gasteiger partial charge in [-0.2, -0.15) is 10.2 Å². The van der Waals surface area contributed by atoms with Gasteiger partial charge in [-0.25, -0.2) is 0 Å². The van der Waals surface area contributed by atoms with Gasteiger partial charge in [0, 0.05) is 11.9 Å². The van der Waals surface area contributed by atoms with Gasteiger partial charge in [0.2, 0.25) is 5.91 Å². The standard InChI is InChI=1S/C16H15BrN6O3/c1-11(22-10-15(7-19-22)23(25)26)16(24)20-14-4-2-3-12(5-14)8-21-9-13(17)6-18-21/h2-7,9-11H,8H2,1H3,(H,20,24). The SMILES string of the molecule is CC(C(=O)Nc1cccc(Cn2cc(Br)cn2)c1)n1cc([N+](=O)[O-])cn1. The maximum absolute atomic E-state index is 12.4. The molecule has 0 fully saturated rings. The molecule has 9 nitrogen and oxygen atoms in total. The monoisotopic (exact) mass is 418 g/mol. The van der Waals surface area contributed by atoms with Gasteiger partial charge in [0.15, 0.2) is 0 Å². The molecule has 0 aliphatic carbocycles. The van der Waals surface area contributed by atoms with Crippen LogP contribution in [0.4, 0.5) is 11.4 Å². The molecule has 134 valence electrons. The lowest BCUT2D eigenvalue weighted by Gasteiger charge is -2.13. The zero-order chi connectivity index (χ0) is 18.7. The molecule has 3 rings (SSSR count). The molecule has 0 spiro atoms. The largest absolute Gasteiger partial charge is 0.324 e. The van der Waals surface area contributed by atoms with Crippen LogP contribution < -0.4 is 5.32 Å². The molecule has 1 aromatic carbocycles. The summed E-state index contributed by atoms with van der Waals surface area (Å²) in [4.78, 5) is 22.6. The minimum absolute atomic E-state index is 0.156. The average molecular weight is 419 g/mol. The van der Waals surface area contributed by atoms with E-state index in [2.05, 4.69) is 31.4 Å². The fourth-order valence-corrected chi connectivity index (χ4v) is 2.69. The first kappa shape index (κ1) is 17.8. The van der Waals surface area contributed by atoms with Gasteiger partial charge in [-0.05, 0) is 40.5 Å². The van der Waals surface area contributed by atoms with Crippen LogP contribution in [0.1, 0.15) is 18.5 Å². The Hall–Kier alpha value is -3.01. The topological polar surface area (TPSA) is 108 Å². The number of amides is 1. The van der Waals surface area contributed by atoms with Crippen LogP contribution in [0.25, 0.3) is 0 Å². The Bertz CT molecular complexity index is 951. The second-order valence-corrected chi connectivity index (χ2v) is 6.57. The second kappa shape index (κ2) is 7.48.